The largest absolute Gasteiger partial charge is 0.465 e. The number of nitrogens with zero attached hydrogens (tertiary/aromatic N) is 4. The van der Waals surface area contributed by atoms with Crippen LogP contribution in [0.1, 0.15) is 21.5 Å². The first-order valence-electron chi connectivity index (χ1n) is 7.88. The second-order valence-electron chi connectivity index (χ2n) is 5.62. The standard InChI is InChI=1S/C18H17N5O3/c1-12-15(18(25)26-2)4-3-5-16(12)20-17(24)10-13-6-8-14(9-7-13)23-11-19-21-22-23/h3-9,11H,10H2,1-2H3,(H,20,24). The lowest BCUT2D eigenvalue weighted by molar-refractivity contribution is -0.115. The SMILES string of the molecule is COC(=O)c1cccc(NC(=O)Cc2ccc(-n3cnnn3)cc2)c1C. The smallest absolute Gasteiger partial charge is 0.338 e. The van der Waals surface area contributed by atoms with Gasteiger partial charge in [-0.2, -0.15) is 0 Å². The van der Waals surface area contributed by atoms with E-state index in [9.17, 15) is 9.59 Å². The summed E-state index contributed by atoms with van der Waals surface area (Å²) < 4.78 is 6.28. The van der Waals surface area contributed by atoms with E-state index < -0.39 is 5.97 Å². The normalized spacial score (nSPS) is 10.4. The third-order valence-corrected chi connectivity index (χ3v) is 3.93. The van der Waals surface area contributed by atoms with E-state index in [0.29, 0.717) is 16.8 Å². The number of hydrogen-bond donors (Lipinski definition) is 1. The molecule has 3 aromatic rings. The molecule has 0 saturated heterocycles. The van der Waals surface area contributed by atoms with E-state index in [1.807, 2.05) is 24.3 Å². The van der Waals surface area contributed by atoms with Gasteiger partial charge in [0.1, 0.15) is 6.33 Å². The van der Waals surface area contributed by atoms with Crippen LogP contribution in [0.3, 0.4) is 0 Å². The van der Waals surface area contributed by atoms with Gasteiger partial charge in [-0.1, -0.05) is 18.2 Å². The molecule has 0 aliphatic heterocycles. The first kappa shape index (κ1) is 17.3. The first-order valence-corrected chi connectivity index (χ1v) is 7.88. The summed E-state index contributed by atoms with van der Waals surface area (Å²) >= 11 is 0. The number of methoxy groups -OCH3 is 1. The molecule has 0 fully saturated rings. The number of nitrogens with one attached hydrogen (secondary N) is 1. The Hall–Kier alpha value is -3.55. The lowest BCUT2D eigenvalue weighted by Gasteiger charge is -2.11. The predicted molar refractivity (Wildman–Crippen MR) is 94.0 cm³/mol. The van der Waals surface area contributed by atoms with E-state index in [2.05, 4.69) is 20.8 Å². The molecule has 132 valence electrons. The van der Waals surface area contributed by atoms with E-state index in [-0.39, 0.29) is 12.3 Å². The van der Waals surface area contributed by atoms with Gasteiger partial charge in [-0.25, -0.2) is 9.48 Å². The number of hydrogen-bond acceptors (Lipinski definition) is 6. The zero-order valence-electron chi connectivity index (χ0n) is 14.3. The van der Waals surface area contributed by atoms with E-state index in [1.54, 1.807) is 25.1 Å². The van der Waals surface area contributed by atoms with Crippen molar-refractivity contribution in [1.82, 2.24) is 20.2 Å². The summed E-state index contributed by atoms with van der Waals surface area (Å²) in [6.45, 7) is 1.77. The van der Waals surface area contributed by atoms with E-state index in [0.717, 1.165) is 11.3 Å². The fraction of sp³-hybridized carbons (Fsp3) is 0.167. The molecular weight excluding hydrogens is 334 g/mol. The maximum Gasteiger partial charge on any atom is 0.338 e. The molecule has 1 heterocycles. The topological polar surface area (TPSA) is 99.0 Å². The number of esters is 1. The minimum atomic E-state index is -0.434. The average molecular weight is 351 g/mol. The van der Waals surface area contributed by atoms with Crippen molar-refractivity contribution in [3.8, 4) is 5.69 Å². The van der Waals surface area contributed by atoms with E-state index in [4.69, 9.17) is 4.74 Å². The number of aromatic nitrogens is 4. The average Bonchev–Trinajstić information content (AvgIpc) is 3.18. The number of carbonyl (C=O) groups excluding carboxylic acids is 2. The highest BCUT2D eigenvalue weighted by Crippen LogP contribution is 2.20. The second-order valence-corrected chi connectivity index (χ2v) is 5.62. The van der Waals surface area contributed by atoms with Crippen LogP contribution in [-0.4, -0.2) is 39.2 Å². The molecule has 0 bridgehead atoms. The van der Waals surface area contributed by atoms with Gasteiger partial charge in [0.25, 0.3) is 0 Å². The van der Waals surface area contributed by atoms with Gasteiger partial charge < -0.3 is 10.1 Å². The van der Waals surface area contributed by atoms with Gasteiger partial charge in [-0.15, -0.1) is 5.10 Å². The minimum absolute atomic E-state index is 0.176. The Kier molecular flexibility index (Phi) is 5.02. The van der Waals surface area contributed by atoms with Crippen molar-refractivity contribution >= 4 is 17.6 Å². The number of ether oxygens (including phenoxy) is 1. The molecule has 3 rings (SSSR count). The van der Waals surface area contributed by atoms with Gasteiger partial charge in [0.15, 0.2) is 0 Å². The highest BCUT2D eigenvalue weighted by Gasteiger charge is 2.13. The van der Waals surface area contributed by atoms with Gasteiger partial charge in [0.2, 0.25) is 5.91 Å². The summed E-state index contributed by atoms with van der Waals surface area (Å²) in [4.78, 5) is 24.1. The highest BCUT2D eigenvalue weighted by molar-refractivity contribution is 5.97. The van der Waals surface area contributed by atoms with Crippen LogP contribution >= 0.6 is 0 Å². The Balaban J connectivity index is 1.69. The summed E-state index contributed by atoms with van der Waals surface area (Å²) in [5.41, 5.74) is 3.34. The van der Waals surface area contributed by atoms with Gasteiger partial charge in [-0.3, -0.25) is 4.79 Å². The predicted octanol–water partition coefficient (Wildman–Crippen LogP) is 1.94. The third kappa shape index (κ3) is 3.75. The van der Waals surface area contributed by atoms with Crippen molar-refractivity contribution in [2.45, 2.75) is 13.3 Å². The maximum absolute atomic E-state index is 12.3. The molecule has 0 aliphatic carbocycles. The van der Waals surface area contributed by atoms with Crippen LogP contribution in [-0.2, 0) is 16.0 Å². The van der Waals surface area contributed by atoms with E-state index >= 15 is 0 Å². The number of carbonyl (C=O) groups is 2. The molecule has 1 aromatic heterocycles. The number of tetrazole rings is 1. The van der Waals surface area contributed by atoms with Crippen molar-refractivity contribution < 1.29 is 14.3 Å². The maximum atomic E-state index is 12.3. The molecule has 0 radical (unpaired) electrons. The molecule has 0 aliphatic rings. The van der Waals surface area contributed by atoms with Gasteiger partial charge in [0, 0.05) is 5.69 Å². The van der Waals surface area contributed by atoms with Crippen molar-refractivity contribution in [3.63, 3.8) is 0 Å². The monoisotopic (exact) mass is 351 g/mol. The minimum Gasteiger partial charge on any atom is -0.465 e. The molecular formula is C18H17N5O3. The van der Waals surface area contributed by atoms with Gasteiger partial charge in [0.05, 0.1) is 24.8 Å². The van der Waals surface area contributed by atoms with Crippen LogP contribution in [0.5, 0.6) is 0 Å². The summed E-state index contributed by atoms with van der Waals surface area (Å²) in [5.74, 6) is -0.609. The summed E-state index contributed by atoms with van der Waals surface area (Å²) in [6, 6.07) is 12.5. The molecule has 0 unspecified atom stereocenters. The Morgan fingerprint density at radius 1 is 1.15 bits per heavy atom. The molecule has 1 amide bonds. The van der Waals surface area contributed by atoms with Crippen LogP contribution in [0, 0.1) is 6.92 Å². The molecule has 26 heavy (non-hydrogen) atoms. The lowest BCUT2D eigenvalue weighted by atomic mass is 10.1. The van der Waals surface area contributed by atoms with Crippen LogP contribution in [0.25, 0.3) is 5.69 Å². The summed E-state index contributed by atoms with van der Waals surface area (Å²) in [5, 5.41) is 13.8. The molecule has 0 atom stereocenters. The fourth-order valence-corrected chi connectivity index (χ4v) is 2.53. The number of benzene rings is 2. The van der Waals surface area contributed by atoms with Crippen molar-refractivity contribution in [2.75, 3.05) is 12.4 Å². The Morgan fingerprint density at radius 2 is 1.92 bits per heavy atom. The van der Waals surface area contributed by atoms with Crippen LogP contribution < -0.4 is 5.32 Å². The quantitative estimate of drug-likeness (QED) is 0.705. The summed E-state index contributed by atoms with van der Waals surface area (Å²) in [7, 11) is 1.33. The Labute approximate surface area is 149 Å². The number of rotatable bonds is 5. The zero-order chi connectivity index (χ0) is 18.5. The summed E-state index contributed by atoms with van der Waals surface area (Å²) in [6.07, 6.45) is 1.70. The molecule has 2 aromatic carbocycles. The highest BCUT2D eigenvalue weighted by atomic mass is 16.5. The van der Waals surface area contributed by atoms with Crippen molar-refractivity contribution in [3.05, 3.63) is 65.5 Å². The molecule has 1 N–H and O–H groups in total. The first-order chi connectivity index (χ1) is 12.6. The molecule has 8 heteroatoms. The van der Waals surface area contributed by atoms with Crippen molar-refractivity contribution in [1.29, 1.82) is 0 Å². The Morgan fingerprint density at radius 3 is 2.58 bits per heavy atom. The number of anilines is 1. The second kappa shape index (κ2) is 7.56. The Bertz CT molecular complexity index is 921. The fourth-order valence-electron chi connectivity index (χ4n) is 2.53. The van der Waals surface area contributed by atoms with Crippen LogP contribution in [0.15, 0.2) is 48.8 Å². The lowest BCUT2D eigenvalue weighted by Crippen LogP contribution is -2.16. The van der Waals surface area contributed by atoms with Gasteiger partial charge in [-0.05, 0) is 52.7 Å². The molecule has 0 saturated carbocycles. The van der Waals surface area contributed by atoms with Crippen molar-refractivity contribution in [2.24, 2.45) is 0 Å². The third-order valence-electron chi connectivity index (χ3n) is 3.93. The molecule has 0 spiro atoms. The van der Waals surface area contributed by atoms with E-state index in [1.165, 1.54) is 18.1 Å². The van der Waals surface area contributed by atoms with Gasteiger partial charge >= 0.3 is 5.97 Å². The van der Waals surface area contributed by atoms with Crippen LogP contribution in [0.4, 0.5) is 5.69 Å². The molecule has 8 nitrogen and oxygen atoms in total. The van der Waals surface area contributed by atoms with Crippen LogP contribution in [0.2, 0.25) is 0 Å². The zero-order valence-corrected chi connectivity index (χ0v) is 14.3. The number of amides is 1.